The maximum Gasteiger partial charge on any atom is 0.426 e. The molecule has 2 nitrogen and oxygen atoms in total. The Hall–Kier alpha value is -2.28. The summed E-state index contributed by atoms with van der Waals surface area (Å²) in [6.07, 6.45) is -3.23. The molecule has 2 aromatic rings. The van der Waals surface area contributed by atoms with Gasteiger partial charge < -0.3 is 0 Å². The van der Waals surface area contributed by atoms with Crippen LogP contribution in [0.3, 0.4) is 0 Å². The summed E-state index contributed by atoms with van der Waals surface area (Å²) < 4.78 is 91.5. The molecule has 7 heteroatoms. The zero-order valence-electron chi connectivity index (χ0n) is 22.9. The number of hydrogen-bond acceptors (Lipinski definition) is 2. The molecule has 190 valence electrons. The van der Waals surface area contributed by atoms with Gasteiger partial charge in [0.1, 0.15) is 11.6 Å². The van der Waals surface area contributed by atoms with Crippen molar-refractivity contribution in [3.8, 4) is 0 Å². The number of fused-ring (bicyclic) bond motifs is 3. The van der Waals surface area contributed by atoms with Gasteiger partial charge in [0.25, 0.3) is 0 Å². The first-order valence-corrected chi connectivity index (χ1v) is 12.0. The van der Waals surface area contributed by atoms with E-state index in [-0.39, 0.29) is 17.6 Å². The molecule has 35 heavy (non-hydrogen) atoms. The van der Waals surface area contributed by atoms with Gasteiger partial charge >= 0.3 is 6.18 Å². The Bertz CT molecular complexity index is 1180. The molecule has 1 saturated heterocycles. The Morgan fingerprint density at radius 1 is 1.20 bits per heavy atom. The number of hydrogen-bond donors (Lipinski definition) is 0. The summed E-state index contributed by atoms with van der Waals surface area (Å²) in [6, 6.07) is 9.36. The molecule has 2 aromatic carbocycles. The van der Waals surface area contributed by atoms with Crippen LogP contribution < -0.4 is 0 Å². The van der Waals surface area contributed by atoms with E-state index in [0.29, 0.717) is 51.1 Å². The minimum absolute atomic E-state index is 0.184. The van der Waals surface area contributed by atoms with Crippen LogP contribution in [0.25, 0.3) is 0 Å². The summed E-state index contributed by atoms with van der Waals surface area (Å²) >= 11 is 0. The molecule has 0 saturated carbocycles. The van der Waals surface area contributed by atoms with Gasteiger partial charge in [-0.3, -0.25) is 9.69 Å². The molecule has 0 N–H and O–H groups in total. The van der Waals surface area contributed by atoms with Crippen molar-refractivity contribution in [3.05, 3.63) is 70.5 Å². The molecular weight excluding hydrogens is 461 g/mol. The van der Waals surface area contributed by atoms with E-state index in [9.17, 15) is 26.7 Å². The van der Waals surface area contributed by atoms with Gasteiger partial charge in [-0.1, -0.05) is 44.1 Å². The summed E-state index contributed by atoms with van der Waals surface area (Å²) in [7, 11) is 0. The van der Waals surface area contributed by atoms with E-state index in [1.807, 2.05) is 6.92 Å². The van der Waals surface area contributed by atoms with Gasteiger partial charge in [-0.15, -0.1) is 0 Å². The molecule has 2 aliphatic rings. The fraction of sp³-hybridized carbons (Fsp3) is 0.536. The molecular formula is C28H32F5NO. The first-order valence-electron chi connectivity index (χ1n) is 13.5. The van der Waals surface area contributed by atoms with E-state index in [1.54, 1.807) is 18.2 Å². The van der Waals surface area contributed by atoms with E-state index >= 15 is 0 Å². The second kappa shape index (κ2) is 9.30. The van der Waals surface area contributed by atoms with Crippen molar-refractivity contribution in [2.75, 3.05) is 6.54 Å². The fourth-order valence-electron chi connectivity index (χ4n) is 6.16. The number of halogens is 5. The second-order valence-corrected chi connectivity index (χ2v) is 9.94. The van der Waals surface area contributed by atoms with Crippen LogP contribution in [0.5, 0.6) is 0 Å². The summed E-state index contributed by atoms with van der Waals surface area (Å²) in [5.74, 6) is -0.746. The van der Waals surface area contributed by atoms with Crippen molar-refractivity contribution in [2.45, 2.75) is 88.6 Å². The molecule has 4 atom stereocenters. The first-order chi connectivity index (χ1) is 17.6. The van der Waals surface area contributed by atoms with E-state index in [0.717, 1.165) is 11.1 Å². The number of ketones is 1. The average molecular weight is 497 g/mol. The molecule has 0 radical (unpaired) electrons. The van der Waals surface area contributed by atoms with Gasteiger partial charge in [0, 0.05) is 28.5 Å². The Balaban J connectivity index is 1.78. The molecule has 0 aromatic heterocycles. The molecule has 1 aliphatic heterocycles. The van der Waals surface area contributed by atoms with E-state index in [1.165, 1.54) is 24.3 Å². The molecule has 2 unspecified atom stereocenters. The quantitative estimate of drug-likeness (QED) is 0.392. The second-order valence-electron chi connectivity index (χ2n) is 9.94. The van der Waals surface area contributed by atoms with Crippen LogP contribution in [-0.4, -0.2) is 35.5 Å². The number of Topliss-reactive ketones (excluding diaryl/α,β-unsaturated/α-hetero) is 1. The SMILES string of the molecule is [2H]C([2H])([2H])CC(=O)C(CC)N1CC[C@@]2(Cc3ccc(F)cc3)c3ccc(C(C)(F)C(F)(F)F)cc3CC[C@@H]12. The van der Waals surface area contributed by atoms with Crippen molar-refractivity contribution < 1.29 is 30.9 Å². The summed E-state index contributed by atoms with van der Waals surface area (Å²) in [6.45, 7) is 0.475. The third-order valence-corrected chi connectivity index (χ3v) is 8.02. The molecule has 0 spiro atoms. The number of nitrogens with zero attached hydrogens (tertiary/aromatic N) is 1. The summed E-state index contributed by atoms with van der Waals surface area (Å²) in [5, 5.41) is 0. The Kier molecular flexibility index (Phi) is 5.84. The van der Waals surface area contributed by atoms with Crippen molar-refractivity contribution in [1.29, 1.82) is 0 Å². The Labute approximate surface area is 207 Å². The number of alkyl halides is 4. The highest BCUT2D eigenvalue weighted by molar-refractivity contribution is 5.83. The van der Waals surface area contributed by atoms with Crippen molar-refractivity contribution in [3.63, 3.8) is 0 Å². The van der Waals surface area contributed by atoms with Gasteiger partial charge in [0.2, 0.25) is 5.67 Å². The normalized spacial score (nSPS) is 26.6. The highest BCUT2D eigenvalue weighted by atomic mass is 19.4. The fourth-order valence-corrected chi connectivity index (χ4v) is 6.16. The smallest absolute Gasteiger partial charge is 0.298 e. The van der Waals surface area contributed by atoms with Crippen LogP contribution in [0.4, 0.5) is 22.0 Å². The number of benzene rings is 2. The predicted octanol–water partition coefficient (Wildman–Crippen LogP) is 6.83. The van der Waals surface area contributed by atoms with Crippen molar-refractivity contribution in [1.82, 2.24) is 4.90 Å². The average Bonchev–Trinajstić information content (AvgIpc) is 3.18. The van der Waals surface area contributed by atoms with Crippen LogP contribution in [0.1, 0.15) is 72.7 Å². The topological polar surface area (TPSA) is 20.3 Å². The van der Waals surface area contributed by atoms with Crippen LogP contribution in [-0.2, 0) is 28.7 Å². The largest absolute Gasteiger partial charge is 0.426 e. The Morgan fingerprint density at radius 2 is 1.91 bits per heavy atom. The molecule has 4 rings (SSSR count). The summed E-state index contributed by atoms with van der Waals surface area (Å²) in [5.41, 5.74) is -2.28. The third-order valence-electron chi connectivity index (χ3n) is 8.02. The molecule has 0 bridgehead atoms. The van der Waals surface area contributed by atoms with Crippen molar-refractivity contribution in [2.24, 2.45) is 0 Å². The number of rotatable bonds is 7. The lowest BCUT2D eigenvalue weighted by Crippen LogP contribution is -2.52. The van der Waals surface area contributed by atoms with Crippen molar-refractivity contribution >= 4 is 5.78 Å². The lowest BCUT2D eigenvalue weighted by Gasteiger charge is -2.45. The van der Waals surface area contributed by atoms with E-state index in [2.05, 4.69) is 4.90 Å². The van der Waals surface area contributed by atoms with Crippen LogP contribution in [0.2, 0.25) is 0 Å². The van der Waals surface area contributed by atoms with E-state index in [4.69, 9.17) is 4.11 Å². The van der Waals surface area contributed by atoms with Gasteiger partial charge in [-0.05, 0) is 73.4 Å². The lowest BCUT2D eigenvalue weighted by molar-refractivity contribution is -0.228. The van der Waals surface area contributed by atoms with Gasteiger partial charge in [0.05, 0.1) is 6.04 Å². The number of aryl methyl sites for hydroxylation is 1. The zero-order chi connectivity index (χ0) is 28.1. The predicted molar refractivity (Wildman–Crippen MR) is 126 cm³/mol. The Morgan fingerprint density at radius 3 is 2.54 bits per heavy atom. The van der Waals surface area contributed by atoms with Gasteiger partial charge in [-0.2, -0.15) is 13.2 Å². The van der Waals surface area contributed by atoms with Crippen LogP contribution in [0.15, 0.2) is 42.5 Å². The maximum absolute atomic E-state index is 14.8. The zero-order valence-corrected chi connectivity index (χ0v) is 19.9. The monoisotopic (exact) mass is 496 g/mol. The molecule has 1 heterocycles. The van der Waals surface area contributed by atoms with Crippen LogP contribution in [0, 0.1) is 5.82 Å². The first kappa shape index (κ1) is 22.0. The molecule has 1 fully saturated rings. The minimum Gasteiger partial charge on any atom is -0.298 e. The highest BCUT2D eigenvalue weighted by Gasteiger charge is 2.56. The highest BCUT2D eigenvalue weighted by Crippen LogP contribution is 2.51. The standard InChI is InChI=1S/C28H32F5NO/c1-4-23(24(35)5-2)34-15-14-27(17-18-6-10-21(29)11-7-18)22-12-9-20(26(3,30)28(31,32)33)16-19(22)8-13-25(27)34/h6-7,9-12,16,23,25H,4-5,8,13-15,17H2,1-3H3/t23?,25-,26?,27-/m1/s1/i2D3. The van der Waals surface area contributed by atoms with Gasteiger partial charge in [-0.25, -0.2) is 8.78 Å². The van der Waals surface area contributed by atoms with E-state index < -0.39 is 42.1 Å². The number of carbonyl (C=O) groups excluding carboxylic acids is 1. The minimum atomic E-state index is -5.06. The molecule has 0 amide bonds. The third kappa shape index (κ3) is 4.41. The summed E-state index contributed by atoms with van der Waals surface area (Å²) in [4.78, 5) is 15.1. The van der Waals surface area contributed by atoms with Gasteiger partial charge in [0.15, 0.2) is 0 Å². The number of carbonyl (C=O) groups is 1. The number of likely N-dealkylation sites (tertiary alicyclic amines) is 1. The lowest BCUT2D eigenvalue weighted by atomic mass is 9.63. The molecule has 1 aliphatic carbocycles. The maximum atomic E-state index is 14.8. The van der Waals surface area contributed by atoms with Crippen LogP contribution >= 0.6 is 0 Å².